The Kier molecular flexibility index (Phi) is 4.34. The van der Waals surface area contributed by atoms with Crippen molar-refractivity contribution in [2.24, 2.45) is 0 Å². The molecule has 4 rings (SSSR count). The van der Waals surface area contributed by atoms with Gasteiger partial charge in [0, 0.05) is 19.0 Å². The molecule has 0 aliphatic carbocycles. The van der Waals surface area contributed by atoms with E-state index in [2.05, 4.69) is 15.0 Å². The molecule has 2 aromatic heterocycles. The lowest BCUT2D eigenvalue weighted by atomic mass is 10.0. The van der Waals surface area contributed by atoms with Gasteiger partial charge in [-0.3, -0.25) is 4.79 Å². The zero-order valence-corrected chi connectivity index (χ0v) is 13.7. The molecular weight excluding hydrogens is 344 g/mol. The molecule has 1 aromatic carbocycles. The molecule has 3 aromatic rings. The van der Waals surface area contributed by atoms with E-state index in [9.17, 15) is 13.6 Å². The average molecular weight is 359 g/mol. The lowest BCUT2D eigenvalue weighted by molar-refractivity contribution is 0.0243. The van der Waals surface area contributed by atoms with Crippen LogP contribution in [0.2, 0.25) is 0 Å². The number of H-pyrrole nitrogens is 1. The van der Waals surface area contributed by atoms with Crippen LogP contribution in [0, 0.1) is 11.6 Å². The van der Waals surface area contributed by atoms with Crippen LogP contribution in [0.5, 0.6) is 5.88 Å². The normalized spacial score (nSPS) is 15.3. The number of rotatable bonds is 4. The quantitative estimate of drug-likeness (QED) is 0.725. The summed E-state index contributed by atoms with van der Waals surface area (Å²) in [6.07, 6.45) is 3.96. The van der Waals surface area contributed by atoms with E-state index in [1.165, 1.54) is 18.6 Å². The number of aromatic nitrogens is 3. The third kappa shape index (κ3) is 2.92. The molecule has 0 spiro atoms. The number of aromatic amines is 1. The Hall–Kier alpha value is -2.87. The highest BCUT2D eigenvalue weighted by Gasteiger charge is 2.25. The number of hydrogen-bond acceptors (Lipinski definition) is 5. The first kappa shape index (κ1) is 16.6. The smallest absolute Gasteiger partial charge is 0.227 e. The van der Waals surface area contributed by atoms with Crippen molar-refractivity contribution in [1.82, 2.24) is 15.0 Å². The predicted octanol–water partition coefficient (Wildman–Crippen LogP) is 3.02. The third-order valence-electron chi connectivity index (χ3n) is 4.32. The number of ether oxygens (including phenoxy) is 2. The second-order valence-corrected chi connectivity index (χ2v) is 5.96. The number of nitrogens with one attached hydrogen (secondary N) is 1. The fourth-order valence-corrected chi connectivity index (χ4v) is 3.00. The monoisotopic (exact) mass is 359 g/mol. The maximum Gasteiger partial charge on any atom is 0.227 e. The number of benzene rings is 1. The summed E-state index contributed by atoms with van der Waals surface area (Å²) in [5.41, 5.74) is -0.192. The van der Waals surface area contributed by atoms with E-state index in [0.29, 0.717) is 37.1 Å². The van der Waals surface area contributed by atoms with E-state index in [-0.39, 0.29) is 17.5 Å². The molecule has 8 heteroatoms. The van der Waals surface area contributed by atoms with Gasteiger partial charge in [-0.15, -0.1) is 0 Å². The summed E-state index contributed by atoms with van der Waals surface area (Å²) in [5.74, 6) is -2.43. The number of halogens is 2. The van der Waals surface area contributed by atoms with Crippen molar-refractivity contribution < 1.29 is 23.0 Å². The number of carbonyl (C=O) groups excluding carboxylic acids is 1. The van der Waals surface area contributed by atoms with Crippen molar-refractivity contribution in [3.63, 3.8) is 0 Å². The van der Waals surface area contributed by atoms with Crippen LogP contribution in [0.3, 0.4) is 0 Å². The summed E-state index contributed by atoms with van der Waals surface area (Å²) in [4.78, 5) is 23.8. The van der Waals surface area contributed by atoms with Crippen molar-refractivity contribution >= 4 is 16.8 Å². The highest BCUT2D eigenvalue weighted by atomic mass is 19.1. The highest BCUT2D eigenvalue weighted by Crippen LogP contribution is 2.30. The number of ketones is 1. The first-order valence-corrected chi connectivity index (χ1v) is 8.20. The Morgan fingerprint density at radius 3 is 2.65 bits per heavy atom. The molecule has 0 saturated carbocycles. The topological polar surface area (TPSA) is 77.1 Å². The summed E-state index contributed by atoms with van der Waals surface area (Å²) in [5, 5.41) is 0.312. The van der Waals surface area contributed by atoms with Gasteiger partial charge in [0.2, 0.25) is 11.7 Å². The van der Waals surface area contributed by atoms with Crippen molar-refractivity contribution in [2.45, 2.75) is 18.9 Å². The van der Waals surface area contributed by atoms with E-state index in [1.54, 1.807) is 0 Å². The Balaban J connectivity index is 1.77. The molecule has 134 valence electrons. The van der Waals surface area contributed by atoms with Gasteiger partial charge in [-0.1, -0.05) is 6.07 Å². The molecule has 1 fully saturated rings. The van der Waals surface area contributed by atoms with Crippen molar-refractivity contribution in [1.29, 1.82) is 0 Å². The standard InChI is InChI=1S/C18H15F2N3O3/c19-12-2-1-3-13(20)15(12)16(24)11-8-21-17-14(11)18(23-9-22-17)26-10-4-6-25-7-5-10/h1-3,8-10H,4-7H2,(H,21,22,23). The first-order valence-electron chi connectivity index (χ1n) is 8.20. The molecule has 1 aliphatic heterocycles. The number of fused-ring (bicyclic) bond motifs is 1. The maximum absolute atomic E-state index is 14.0. The number of carbonyl (C=O) groups is 1. The van der Waals surface area contributed by atoms with Gasteiger partial charge in [0.1, 0.15) is 29.7 Å². The van der Waals surface area contributed by atoms with Crippen LogP contribution in [0.15, 0.2) is 30.7 Å². The lowest BCUT2D eigenvalue weighted by Crippen LogP contribution is -2.26. The van der Waals surface area contributed by atoms with Crippen LogP contribution in [0.4, 0.5) is 8.78 Å². The van der Waals surface area contributed by atoms with Crippen LogP contribution < -0.4 is 4.74 Å². The molecule has 3 heterocycles. The van der Waals surface area contributed by atoms with Crippen molar-refractivity contribution in [3.8, 4) is 5.88 Å². The zero-order chi connectivity index (χ0) is 18.1. The van der Waals surface area contributed by atoms with E-state index in [4.69, 9.17) is 9.47 Å². The summed E-state index contributed by atoms with van der Waals surface area (Å²) >= 11 is 0. The Labute approximate surface area is 147 Å². The lowest BCUT2D eigenvalue weighted by Gasteiger charge is -2.23. The SMILES string of the molecule is O=C(c1c(F)cccc1F)c1c[nH]c2ncnc(OC3CCOCC3)c12. The fourth-order valence-electron chi connectivity index (χ4n) is 3.00. The largest absolute Gasteiger partial charge is 0.474 e. The van der Waals surface area contributed by atoms with Gasteiger partial charge >= 0.3 is 0 Å². The Morgan fingerprint density at radius 1 is 1.19 bits per heavy atom. The summed E-state index contributed by atoms with van der Waals surface area (Å²) < 4.78 is 39.3. The minimum Gasteiger partial charge on any atom is -0.474 e. The van der Waals surface area contributed by atoms with Crippen molar-refractivity contribution in [3.05, 3.63) is 53.5 Å². The molecular formula is C18H15F2N3O3. The predicted molar refractivity (Wildman–Crippen MR) is 88.1 cm³/mol. The molecule has 0 unspecified atom stereocenters. The molecule has 26 heavy (non-hydrogen) atoms. The Bertz CT molecular complexity index is 947. The molecule has 0 bridgehead atoms. The molecule has 1 N–H and O–H groups in total. The summed E-state index contributed by atoms with van der Waals surface area (Å²) in [6, 6.07) is 3.29. The van der Waals surface area contributed by atoms with E-state index >= 15 is 0 Å². The second-order valence-electron chi connectivity index (χ2n) is 5.96. The van der Waals surface area contributed by atoms with Crippen LogP contribution in [-0.4, -0.2) is 40.1 Å². The first-order chi connectivity index (χ1) is 12.6. The average Bonchev–Trinajstić information content (AvgIpc) is 3.07. The van der Waals surface area contributed by atoms with Crippen LogP contribution in [-0.2, 0) is 4.74 Å². The van der Waals surface area contributed by atoms with Crippen LogP contribution in [0.25, 0.3) is 11.0 Å². The molecule has 0 amide bonds. The van der Waals surface area contributed by atoms with E-state index in [0.717, 1.165) is 12.1 Å². The number of nitrogens with zero attached hydrogens (tertiary/aromatic N) is 2. The summed E-state index contributed by atoms with van der Waals surface area (Å²) in [6.45, 7) is 1.16. The van der Waals surface area contributed by atoms with Crippen LogP contribution >= 0.6 is 0 Å². The Morgan fingerprint density at radius 2 is 1.92 bits per heavy atom. The van der Waals surface area contributed by atoms with Gasteiger partial charge in [0.05, 0.1) is 29.7 Å². The maximum atomic E-state index is 14.0. The second kappa shape index (κ2) is 6.80. The molecule has 6 nitrogen and oxygen atoms in total. The minimum absolute atomic E-state index is 0.0617. The fraction of sp³-hybridized carbons (Fsp3) is 0.278. The molecule has 0 radical (unpaired) electrons. The van der Waals surface area contributed by atoms with Gasteiger partial charge < -0.3 is 14.5 Å². The molecule has 1 aliphatic rings. The summed E-state index contributed by atoms with van der Waals surface area (Å²) in [7, 11) is 0. The van der Waals surface area contributed by atoms with Gasteiger partial charge in [-0.05, 0) is 12.1 Å². The number of hydrogen-bond donors (Lipinski definition) is 1. The van der Waals surface area contributed by atoms with E-state index in [1.807, 2.05) is 0 Å². The molecule has 0 atom stereocenters. The minimum atomic E-state index is -0.923. The zero-order valence-electron chi connectivity index (χ0n) is 13.7. The van der Waals surface area contributed by atoms with Crippen LogP contribution in [0.1, 0.15) is 28.8 Å². The van der Waals surface area contributed by atoms with Gasteiger partial charge in [-0.2, -0.15) is 0 Å². The van der Waals surface area contributed by atoms with Gasteiger partial charge in [-0.25, -0.2) is 18.7 Å². The van der Waals surface area contributed by atoms with Gasteiger partial charge in [0.15, 0.2) is 0 Å². The third-order valence-corrected chi connectivity index (χ3v) is 4.32. The van der Waals surface area contributed by atoms with E-state index < -0.39 is 23.0 Å². The highest BCUT2D eigenvalue weighted by molar-refractivity contribution is 6.17. The van der Waals surface area contributed by atoms with Crippen molar-refractivity contribution in [2.75, 3.05) is 13.2 Å². The van der Waals surface area contributed by atoms with Gasteiger partial charge in [0.25, 0.3) is 0 Å². The molecule has 1 saturated heterocycles.